The number of hydrogen-bond donors (Lipinski definition) is 2. The Morgan fingerprint density at radius 3 is 1.97 bits per heavy atom. The number of ether oxygens (including phenoxy) is 1. The third-order valence-corrected chi connectivity index (χ3v) is 5.07. The Morgan fingerprint density at radius 1 is 0.848 bits per heavy atom. The molecule has 0 radical (unpaired) electrons. The molecule has 0 saturated heterocycles. The van der Waals surface area contributed by atoms with Crippen molar-refractivity contribution in [1.82, 2.24) is 10.6 Å². The molecule has 6 nitrogen and oxygen atoms in total. The SMILES string of the molecule is C[C@@H](CNC(=O)OC(C)(C)C)C(=O)NC(=O)Cc1ccc(CCCCc2ccccc2)cc1. The fourth-order valence-electron chi connectivity index (χ4n) is 3.26. The van der Waals surface area contributed by atoms with Crippen LogP contribution >= 0.6 is 0 Å². The minimum Gasteiger partial charge on any atom is -0.444 e. The van der Waals surface area contributed by atoms with Gasteiger partial charge in [0.1, 0.15) is 5.60 Å². The Labute approximate surface area is 197 Å². The quantitative estimate of drug-likeness (QED) is 0.516. The smallest absolute Gasteiger partial charge is 0.407 e. The first-order valence-corrected chi connectivity index (χ1v) is 11.5. The number of carbonyl (C=O) groups excluding carboxylic acids is 3. The highest BCUT2D eigenvalue weighted by molar-refractivity contribution is 5.97. The largest absolute Gasteiger partial charge is 0.444 e. The van der Waals surface area contributed by atoms with Gasteiger partial charge in [0, 0.05) is 6.54 Å². The number of hydrogen-bond acceptors (Lipinski definition) is 4. The predicted molar refractivity (Wildman–Crippen MR) is 130 cm³/mol. The molecule has 0 aliphatic heterocycles. The molecular formula is C27H36N2O4. The fourth-order valence-corrected chi connectivity index (χ4v) is 3.26. The molecule has 2 aromatic carbocycles. The zero-order valence-corrected chi connectivity index (χ0v) is 20.1. The molecule has 2 N–H and O–H groups in total. The predicted octanol–water partition coefficient (Wildman–Crippen LogP) is 4.60. The number of alkyl carbamates (subject to hydrolysis) is 1. The molecule has 2 aromatic rings. The lowest BCUT2D eigenvalue weighted by atomic mass is 10.0. The zero-order chi connectivity index (χ0) is 24.3. The van der Waals surface area contributed by atoms with Gasteiger partial charge < -0.3 is 10.1 Å². The maximum Gasteiger partial charge on any atom is 0.407 e. The summed E-state index contributed by atoms with van der Waals surface area (Å²) in [6.07, 6.45) is 3.87. The third kappa shape index (κ3) is 10.8. The van der Waals surface area contributed by atoms with E-state index in [0.29, 0.717) is 0 Å². The van der Waals surface area contributed by atoms with Crippen LogP contribution in [0.1, 0.15) is 57.2 Å². The van der Waals surface area contributed by atoms with Crippen molar-refractivity contribution in [3.63, 3.8) is 0 Å². The molecule has 2 rings (SSSR count). The molecule has 33 heavy (non-hydrogen) atoms. The van der Waals surface area contributed by atoms with Gasteiger partial charge in [-0.3, -0.25) is 14.9 Å². The highest BCUT2D eigenvalue weighted by atomic mass is 16.6. The Balaban J connectivity index is 1.68. The number of amides is 3. The summed E-state index contributed by atoms with van der Waals surface area (Å²) in [7, 11) is 0. The van der Waals surface area contributed by atoms with E-state index in [1.165, 1.54) is 11.1 Å². The molecule has 0 saturated carbocycles. The van der Waals surface area contributed by atoms with Crippen LogP contribution < -0.4 is 10.6 Å². The van der Waals surface area contributed by atoms with Crippen molar-refractivity contribution in [3.8, 4) is 0 Å². The molecule has 0 bridgehead atoms. The molecule has 0 heterocycles. The summed E-state index contributed by atoms with van der Waals surface area (Å²) in [5.41, 5.74) is 2.85. The molecule has 0 aromatic heterocycles. The molecule has 178 valence electrons. The number of rotatable bonds is 10. The van der Waals surface area contributed by atoms with Crippen molar-refractivity contribution < 1.29 is 19.1 Å². The van der Waals surface area contributed by atoms with E-state index < -0.39 is 23.5 Å². The van der Waals surface area contributed by atoms with Crippen LogP contribution in [0.3, 0.4) is 0 Å². The summed E-state index contributed by atoms with van der Waals surface area (Å²) in [5.74, 6) is -1.34. The first-order valence-electron chi connectivity index (χ1n) is 11.5. The lowest BCUT2D eigenvalue weighted by Crippen LogP contribution is -2.41. The van der Waals surface area contributed by atoms with Gasteiger partial charge in [0.05, 0.1) is 12.3 Å². The van der Waals surface area contributed by atoms with Gasteiger partial charge in [0.25, 0.3) is 0 Å². The van der Waals surface area contributed by atoms with Gasteiger partial charge in [-0.25, -0.2) is 4.79 Å². The van der Waals surface area contributed by atoms with Crippen LogP contribution in [0, 0.1) is 5.92 Å². The minimum atomic E-state index is -0.608. The number of aryl methyl sites for hydroxylation is 2. The van der Waals surface area contributed by atoms with Gasteiger partial charge in [-0.15, -0.1) is 0 Å². The average molecular weight is 453 g/mol. The minimum absolute atomic E-state index is 0.0903. The van der Waals surface area contributed by atoms with Gasteiger partial charge in [-0.2, -0.15) is 0 Å². The topological polar surface area (TPSA) is 84.5 Å². The fraction of sp³-hybridized carbons (Fsp3) is 0.444. The van der Waals surface area contributed by atoms with E-state index in [4.69, 9.17) is 4.74 Å². The molecule has 0 aliphatic rings. The van der Waals surface area contributed by atoms with Crippen LogP contribution in [0.5, 0.6) is 0 Å². The Kier molecular flexibility index (Phi) is 10.1. The number of carbonyl (C=O) groups is 3. The molecule has 6 heteroatoms. The van der Waals surface area contributed by atoms with Crippen molar-refractivity contribution >= 4 is 17.9 Å². The monoisotopic (exact) mass is 452 g/mol. The van der Waals surface area contributed by atoms with Gasteiger partial charge in [0.15, 0.2) is 0 Å². The molecule has 0 fully saturated rings. The van der Waals surface area contributed by atoms with E-state index in [9.17, 15) is 14.4 Å². The summed E-state index contributed by atoms with van der Waals surface area (Å²) >= 11 is 0. The molecular weight excluding hydrogens is 416 g/mol. The van der Waals surface area contributed by atoms with Crippen molar-refractivity contribution in [3.05, 3.63) is 71.3 Å². The second-order valence-corrected chi connectivity index (χ2v) is 9.38. The maximum atomic E-state index is 12.2. The number of unbranched alkanes of at least 4 members (excludes halogenated alkanes) is 1. The normalized spacial score (nSPS) is 12.0. The van der Waals surface area contributed by atoms with Crippen LogP contribution in [-0.4, -0.2) is 30.1 Å². The highest BCUT2D eigenvalue weighted by Crippen LogP contribution is 2.11. The number of benzene rings is 2. The summed E-state index contributed by atoms with van der Waals surface area (Å²) in [6.45, 7) is 7.03. The highest BCUT2D eigenvalue weighted by Gasteiger charge is 2.20. The second kappa shape index (κ2) is 12.8. The van der Waals surface area contributed by atoms with Crippen LogP contribution in [0.4, 0.5) is 4.79 Å². The first-order chi connectivity index (χ1) is 15.6. The first kappa shape index (κ1) is 26.1. The van der Waals surface area contributed by atoms with Gasteiger partial charge in [-0.1, -0.05) is 61.5 Å². The Bertz CT molecular complexity index is 902. The van der Waals surface area contributed by atoms with E-state index >= 15 is 0 Å². The molecule has 0 aliphatic carbocycles. The van der Waals surface area contributed by atoms with E-state index in [-0.39, 0.29) is 18.9 Å². The summed E-state index contributed by atoms with van der Waals surface area (Å²) in [6, 6.07) is 18.4. The van der Waals surface area contributed by atoms with Crippen molar-refractivity contribution in [2.45, 2.75) is 65.4 Å². The van der Waals surface area contributed by atoms with Crippen molar-refractivity contribution in [2.75, 3.05) is 6.54 Å². The summed E-state index contributed by atoms with van der Waals surface area (Å²) in [5, 5.41) is 4.95. The van der Waals surface area contributed by atoms with E-state index in [2.05, 4.69) is 34.9 Å². The zero-order valence-electron chi connectivity index (χ0n) is 20.1. The van der Waals surface area contributed by atoms with Crippen LogP contribution in [-0.2, 0) is 33.6 Å². The summed E-state index contributed by atoms with van der Waals surface area (Å²) < 4.78 is 5.14. The second-order valence-electron chi connectivity index (χ2n) is 9.38. The lowest BCUT2D eigenvalue weighted by molar-refractivity contribution is -0.132. The molecule has 3 amide bonds. The standard InChI is InChI=1S/C27H36N2O4/c1-20(19-28-26(32)33-27(2,3)4)25(31)29-24(30)18-23-16-14-22(15-17-23)13-9-8-12-21-10-6-5-7-11-21/h5-7,10-11,14-17,20H,8-9,12-13,18-19H2,1-4H3,(H,28,32)(H,29,30,31)/t20-/m0/s1. The van der Waals surface area contributed by atoms with Crippen molar-refractivity contribution in [1.29, 1.82) is 0 Å². The number of nitrogens with one attached hydrogen (secondary N) is 2. The van der Waals surface area contributed by atoms with E-state index in [0.717, 1.165) is 31.2 Å². The van der Waals surface area contributed by atoms with Crippen LogP contribution in [0.2, 0.25) is 0 Å². The summed E-state index contributed by atoms with van der Waals surface area (Å²) in [4.78, 5) is 36.2. The van der Waals surface area contributed by atoms with E-state index in [1.807, 2.05) is 30.3 Å². The Hall–Kier alpha value is -3.15. The van der Waals surface area contributed by atoms with Crippen molar-refractivity contribution in [2.24, 2.45) is 5.92 Å². The third-order valence-electron chi connectivity index (χ3n) is 5.07. The molecule has 1 atom stereocenters. The average Bonchev–Trinajstić information content (AvgIpc) is 2.75. The number of imide groups is 1. The van der Waals surface area contributed by atoms with Gasteiger partial charge in [0.2, 0.25) is 11.8 Å². The Morgan fingerprint density at radius 2 is 1.39 bits per heavy atom. The van der Waals surface area contributed by atoms with Gasteiger partial charge >= 0.3 is 6.09 Å². The van der Waals surface area contributed by atoms with E-state index in [1.54, 1.807) is 27.7 Å². The lowest BCUT2D eigenvalue weighted by Gasteiger charge is -2.20. The molecule has 0 unspecified atom stereocenters. The maximum absolute atomic E-state index is 12.2. The van der Waals surface area contributed by atoms with Crippen LogP contribution in [0.25, 0.3) is 0 Å². The van der Waals surface area contributed by atoms with Crippen LogP contribution in [0.15, 0.2) is 54.6 Å². The molecule has 0 spiro atoms. The van der Waals surface area contributed by atoms with Gasteiger partial charge in [-0.05, 0) is 63.1 Å².